The molecule has 11 heavy (non-hydrogen) atoms. The second-order valence-corrected chi connectivity index (χ2v) is 2.29. The van der Waals surface area contributed by atoms with Crippen molar-refractivity contribution in [1.29, 1.82) is 0 Å². The Kier molecular flexibility index (Phi) is 0.678. The van der Waals surface area contributed by atoms with Gasteiger partial charge in [0.1, 0.15) is 5.75 Å². The Balaban J connectivity index is 2.70. The number of phenolic OH excluding ortho intramolecular Hbond substituents is 1. The molecule has 0 bridgehead atoms. The second kappa shape index (κ2) is 1.99. The molecule has 0 aliphatic rings. The molecule has 0 saturated heterocycles. The Hall–Kier alpha value is -1.51. The molecule has 3 heteroatoms. The predicted octanol–water partition coefficient (Wildman–Crippen LogP) is 1.28. The van der Waals surface area contributed by atoms with Crippen molar-refractivity contribution >= 4 is 11.0 Å². The van der Waals surface area contributed by atoms with Gasteiger partial charge in [-0.3, -0.25) is 0 Å². The fraction of sp³-hybridized carbons (Fsp3) is 0.125. The number of aromatic hydroxyl groups is 1. The summed E-state index contributed by atoms with van der Waals surface area (Å²) < 4.78 is 22.8. The van der Waals surface area contributed by atoms with Gasteiger partial charge in [0.25, 0.3) is 0 Å². The summed E-state index contributed by atoms with van der Waals surface area (Å²) in [7, 11) is 0. The summed E-state index contributed by atoms with van der Waals surface area (Å²) in [6, 6.07) is 4.40. The molecule has 0 fully saturated rings. The first-order valence-electron chi connectivity index (χ1n) is 4.65. The zero-order chi connectivity index (χ0) is 10.3. The Bertz CT molecular complexity index is 475. The molecule has 2 aromatic rings. The van der Waals surface area contributed by atoms with Gasteiger partial charge in [0.05, 0.1) is 17.4 Å². The number of nitrogens with zero attached hydrogens (tertiary/aromatic N) is 2. The van der Waals surface area contributed by atoms with Crippen molar-refractivity contribution in [2.75, 3.05) is 0 Å². The molecule has 0 spiro atoms. The Morgan fingerprint density at radius 2 is 2.55 bits per heavy atom. The summed E-state index contributed by atoms with van der Waals surface area (Å²) in [5, 5.41) is 9.15. The number of imidazole rings is 1. The highest BCUT2D eigenvalue weighted by atomic mass is 16.3. The number of aryl methyl sites for hydroxylation is 1. The maximum absolute atomic E-state index is 9.15. The maximum atomic E-state index is 9.15. The Labute approximate surface area is 68.1 Å². The van der Waals surface area contributed by atoms with Crippen LogP contribution in [-0.4, -0.2) is 14.7 Å². The van der Waals surface area contributed by atoms with E-state index in [9.17, 15) is 0 Å². The summed E-state index contributed by atoms with van der Waals surface area (Å²) >= 11 is 0. The summed E-state index contributed by atoms with van der Waals surface area (Å²) in [4.78, 5) is 3.89. The van der Waals surface area contributed by atoms with Crippen LogP contribution in [0.5, 0.6) is 5.75 Å². The van der Waals surface area contributed by atoms with Crippen molar-refractivity contribution in [2.24, 2.45) is 6.98 Å². The first-order valence-corrected chi connectivity index (χ1v) is 3.15. The van der Waals surface area contributed by atoms with Gasteiger partial charge in [-0.2, -0.15) is 0 Å². The zero-order valence-electron chi connectivity index (χ0n) is 8.65. The molecule has 1 aromatic carbocycles. The first-order chi connectivity index (χ1) is 6.48. The first kappa shape index (κ1) is 3.76. The van der Waals surface area contributed by atoms with Crippen molar-refractivity contribution in [3.8, 4) is 5.75 Å². The summed E-state index contributed by atoms with van der Waals surface area (Å²) in [6.07, 6.45) is 1.25. The van der Waals surface area contributed by atoms with Gasteiger partial charge < -0.3 is 9.67 Å². The molecule has 2 rings (SSSR count). The highest BCUT2D eigenvalue weighted by Gasteiger charge is 1.98. The minimum atomic E-state index is -2.23. The summed E-state index contributed by atoms with van der Waals surface area (Å²) in [5.74, 6) is 0.0771. The molecule has 0 saturated carbocycles. The molecule has 1 aromatic heterocycles. The molecule has 0 radical (unpaired) electrons. The van der Waals surface area contributed by atoms with Crippen LogP contribution in [0.2, 0.25) is 0 Å². The van der Waals surface area contributed by atoms with E-state index in [1.54, 1.807) is 0 Å². The van der Waals surface area contributed by atoms with Crippen LogP contribution >= 0.6 is 0 Å². The minimum Gasteiger partial charge on any atom is -0.508 e. The van der Waals surface area contributed by atoms with Crippen LogP contribution in [0.1, 0.15) is 4.11 Å². The van der Waals surface area contributed by atoms with Gasteiger partial charge in [-0.1, -0.05) is 0 Å². The lowest BCUT2D eigenvalue weighted by Gasteiger charge is -1.93. The third kappa shape index (κ3) is 0.852. The fourth-order valence-electron chi connectivity index (χ4n) is 1.00. The van der Waals surface area contributed by atoms with Gasteiger partial charge in [0.15, 0.2) is 0 Å². The van der Waals surface area contributed by atoms with E-state index in [0.29, 0.717) is 11.0 Å². The largest absolute Gasteiger partial charge is 0.508 e. The molecular weight excluding hydrogens is 140 g/mol. The number of benzene rings is 1. The van der Waals surface area contributed by atoms with Gasteiger partial charge in [0.2, 0.25) is 0 Å². The molecule has 1 N–H and O–H groups in total. The highest BCUT2D eigenvalue weighted by molar-refractivity contribution is 5.76. The SMILES string of the molecule is [2H]C([2H])([2H])n1cnc2cc(O)ccc21. The normalized spacial score (nSPS) is 15.8. The third-order valence-corrected chi connectivity index (χ3v) is 1.53. The van der Waals surface area contributed by atoms with Crippen molar-refractivity contribution in [2.45, 2.75) is 0 Å². The lowest BCUT2D eigenvalue weighted by atomic mass is 10.3. The molecule has 0 unspecified atom stereocenters. The van der Waals surface area contributed by atoms with E-state index in [1.807, 2.05) is 0 Å². The molecule has 0 aliphatic carbocycles. The number of aromatic nitrogens is 2. The van der Waals surface area contributed by atoms with Crippen LogP contribution in [0.15, 0.2) is 24.5 Å². The molecular formula is C8H8N2O. The van der Waals surface area contributed by atoms with Crippen LogP contribution in [0.25, 0.3) is 11.0 Å². The second-order valence-electron chi connectivity index (χ2n) is 2.29. The summed E-state index contributed by atoms with van der Waals surface area (Å²) in [6.45, 7) is -2.23. The number of hydrogen-bond donors (Lipinski definition) is 1. The topological polar surface area (TPSA) is 38.0 Å². The van der Waals surface area contributed by atoms with Crippen molar-refractivity contribution < 1.29 is 9.22 Å². The Morgan fingerprint density at radius 1 is 1.64 bits per heavy atom. The van der Waals surface area contributed by atoms with E-state index in [-0.39, 0.29) is 5.75 Å². The monoisotopic (exact) mass is 151 g/mol. The molecule has 0 atom stereocenters. The van der Waals surface area contributed by atoms with Crippen molar-refractivity contribution in [3.05, 3.63) is 24.5 Å². The van der Waals surface area contributed by atoms with E-state index < -0.39 is 6.98 Å². The van der Waals surface area contributed by atoms with E-state index in [2.05, 4.69) is 4.98 Å². The number of phenols is 1. The number of fused-ring (bicyclic) bond motifs is 1. The van der Waals surface area contributed by atoms with E-state index in [0.717, 1.165) is 4.57 Å². The van der Waals surface area contributed by atoms with E-state index >= 15 is 0 Å². The fourth-order valence-corrected chi connectivity index (χ4v) is 1.00. The van der Waals surface area contributed by atoms with Gasteiger partial charge in [-0.15, -0.1) is 0 Å². The Morgan fingerprint density at radius 3 is 3.36 bits per heavy atom. The minimum absolute atomic E-state index is 0.0771. The standard InChI is InChI=1S/C8H8N2O/c1-10-5-9-7-4-6(11)2-3-8(7)10/h2-5,11H,1H3/i1D3. The molecule has 0 aliphatic heterocycles. The van der Waals surface area contributed by atoms with Crippen LogP contribution in [0.4, 0.5) is 0 Å². The quantitative estimate of drug-likeness (QED) is 0.616. The summed E-state index contributed by atoms with van der Waals surface area (Å²) in [5.41, 5.74) is 0.962. The zero-order valence-corrected chi connectivity index (χ0v) is 5.65. The van der Waals surface area contributed by atoms with E-state index in [4.69, 9.17) is 9.22 Å². The predicted molar refractivity (Wildman–Crippen MR) is 42.4 cm³/mol. The third-order valence-electron chi connectivity index (χ3n) is 1.53. The van der Waals surface area contributed by atoms with E-state index in [1.165, 1.54) is 24.5 Å². The lowest BCUT2D eigenvalue weighted by Crippen LogP contribution is -1.81. The highest BCUT2D eigenvalue weighted by Crippen LogP contribution is 2.17. The molecule has 0 amide bonds. The van der Waals surface area contributed by atoms with Crippen LogP contribution in [0.3, 0.4) is 0 Å². The van der Waals surface area contributed by atoms with Crippen LogP contribution < -0.4 is 0 Å². The van der Waals surface area contributed by atoms with Gasteiger partial charge >= 0.3 is 0 Å². The van der Waals surface area contributed by atoms with Crippen molar-refractivity contribution in [3.63, 3.8) is 0 Å². The average molecular weight is 151 g/mol. The average Bonchev–Trinajstić information content (AvgIpc) is 2.45. The van der Waals surface area contributed by atoms with Gasteiger partial charge in [-0.05, 0) is 12.1 Å². The van der Waals surface area contributed by atoms with Gasteiger partial charge in [-0.25, -0.2) is 4.98 Å². The van der Waals surface area contributed by atoms with Crippen LogP contribution in [0, 0.1) is 0 Å². The molecule has 3 nitrogen and oxygen atoms in total. The molecule has 1 heterocycles. The molecule has 56 valence electrons. The number of hydrogen-bond acceptors (Lipinski definition) is 2. The smallest absolute Gasteiger partial charge is 0.117 e. The van der Waals surface area contributed by atoms with Crippen molar-refractivity contribution in [1.82, 2.24) is 9.55 Å². The maximum Gasteiger partial charge on any atom is 0.117 e. The van der Waals surface area contributed by atoms with Crippen LogP contribution in [-0.2, 0) is 6.98 Å². The van der Waals surface area contributed by atoms with Gasteiger partial charge in [0, 0.05) is 17.2 Å². The lowest BCUT2D eigenvalue weighted by molar-refractivity contribution is 0.476. The number of rotatable bonds is 0.